The third-order valence-electron chi connectivity index (χ3n) is 6.06. The van der Waals surface area contributed by atoms with E-state index in [0.717, 1.165) is 47.4 Å². The summed E-state index contributed by atoms with van der Waals surface area (Å²) in [7, 11) is 1.45. The van der Waals surface area contributed by atoms with Gasteiger partial charge in [-0.3, -0.25) is 0 Å². The van der Waals surface area contributed by atoms with Crippen molar-refractivity contribution in [1.82, 2.24) is 4.98 Å². The van der Waals surface area contributed by atoms with Gasteiger partial charge in [0.2, 0.25) is 5.13 Å². The van der Waals surface area contributed by atoms with Gasteiger partial charge in [0, 0.05) is 23.5 Å². The maximum absolute atomic E-state index is 7.42. The number of aryl methyl sites for hydroxylation is 1. The highest BCUT2D eigenvalue weighted by Crippen LogP contribution is 2.42. The summed E-state index contributed by atoms with van der Waals surface area (Å²) in [6, 6.07) is 5.90. The normalized spacial score (nSPS) is 15.5. The van der Waals surface area contributed by atoms with Crippen LogP contribution in [0.3, 0.4) is 0 Å². The quantitative estimate of drug-likeness (QED) is 0.204. The Bertz CT molecular complexity index is 1230. The third kappa shape index (κ3) is 3.69. The molecule has 2 aliphatic heterocycles. The van der Waals surface area contributed by atoms with E-state index in [9.17, 15) is 0 Å². The molecule has 2 aliphatic rings. The monoisotopic (exact) mass is 433 g/mol. The van der Waals surface area contributed by atoms with Gasteiger partial charge in [0.1, 0.15) is 0 Å². The molecule has 0 saturated carbocycles. The molecule has 8 heteroatoms. The molecule has 158 valence electrons. The lowest BCUT2D eigenvalue weighted by Gasteiger charge is -2.37. The zero-order valence-electron chi connectivity index (χ0n) is 17.6. The van der Waals surface area contributed by atoms with Crippen LogP contribution in [0.2, 0.25) is 0 Å². The minimum atomic E-state index is 0.201. The van der Waals surface area contributed by atoms with Crippen LogP contribution in [0.25, 0.3) is 15.1 Å². The standard InChI is InChI=1S/C23H23N5O2S/c1-14-17-7-5-9-28-8-4-6-15(22(17)28)10-18(14)26-27-23-25-20-11-16(13-30-29-3)19(24-2)12-21(20)31-23/h10-12H,4-9,13H2,1,3H3. The molecule has 0 atom stereocenters. The molecule has 3 aromatic rings. The van der Waals surface area contributed by atoms with Gasteiger partial charge in [-0.1, -0.05) is 11.3 Å². The number of nitrogens with zero attached hydrogens (tertiary/aromatic N) is 5. The van der Waals surface area contributed by atoms with Crippen LogP contribution in [0.5, 0.6) is 0 Å². The number of fused-ring (bicyclic) bond motifs is 1. The average molecular weight is 434 g/mol. The molecule has 0 saturated heterocycles. The van der Waals surface area contributed by atoms with Crippen molar-refractivity contribution in [2.75, 3.05) is 25.1 Å². The van der Waals surface area contributed by atoms with E-state index in [0.29, 0.717) is 10.8 Å². The molecule has 3 heterocycles. The minimum Gasteiger partial charge on any atom is -0.371 e. The molecule has 0 aliphatic carbocycles. The Kier molecular flexibility index (Phi) is 5.40. The van der Waals surface area contributed by atoms with Crippen LogP contribution in [0.1, 0.15) is 35.1 Å². The summed E-state index contributed by atoms with van der Waals surface area (Å²) >= 11 is 1.44. The molecule has 1 aromatic heterocycles. The smallest absolute Gasteiger partial charge is 0.231 e. The number of aromatic nitrogens is 1. The lowest BCUT2D eigenvalue weighted by atomic mass is 9.88. The van der Waals surface area contributed by atoms with Crippen LogP contribution in [0.15, 0.2) is 28.4 Å². The van der Waals surface area contributed by atoms with Gasteiger partial charge in [0.15, 0.2) is 5.69 Å². The van der Waals surface area contributed by atoms with E-state index < -0.39 is 0 Å². The molecule has 2 aromatic carbocycles. The number of benzene rings is 2. The number of hydrogen-bond acceptors (Lipinski definition) is 7. The predicted octanol–water partition coefficient (Wildman–Crippen LogP) is 6.35. The van der Waals surface area contributed by atoms with E-state index in [1.54, 1.807) is 0 Å². The van der Waals surface area contributed by atoms with E-state index in [2.05, 4.69) is 42.8 Å². The SMILES string of the molecule is [C-]#[N+]c1cc2sc(N=Nc3cc4c5c(c3C)CCCN5CCC4)nc2cc1COOC. The lowest BCUT2D eigenvalue weighted by Crippen LogP contribution is -2.34. The summed E-state index contributed by atoms with van der Waals surface area (Å²) in [6.45, 7) is 12.1. The topological polar surface area (TPSA) is 63.7 Å². The van der Waals surface area contributed by atoms with Crippen molar-refractivity contribution in [2.45, 2.75) is 39.2 Å². The first-order chi connectivity index (χ1) is 15.2. The van der Waals surface area contributed by atoms with E-state index in [-0.39, 0.29) is 6.61 Å². The van der Waals surface area contributed by atoms with Crippen molar-refractivity contribution in [1.29, 1.82) is 0 Å². The maximum atomic E-state index is 7.42. The van der Waals surface area contributed by atoms with Crippen LogP contribution < -0.4 is 4.90 Å². The Morgan fingerprint density at radius 3 is 2.84 bits per heavy atom. The zero-order valence-corrected chi connectivity index (χ0v) is 18.5. The second-order valence-electron chi connectivity index (χ2n) is 7.89. The highest BCUT2D eigenvalue weighted by Gasteiger charge is 2.26. The second-order valence-corrected chi connectivity index (χ2v) is 8.90. The Morgan fingerprint density at radius 1 is 1.19 bits per heavy atom. The fourth-order valence-electron chi connectivity index (χ4n) is 4.58. The largest absolute Gasteiger partial charge is 0.371 e. The zero-order chi connectivity index (χ0) is 21.4. The summed E-state index contributed by atoms with van der Waals surface area (Å²) in [5.74, 6) is 0. The Hall–Kier alpha value is -2.86. The Morgan fingerprint density at radius 2 is 2.03 bits per heavy atom. The molecule has 0 N–H and O–H groups in total. The predicted molar refractivity (Wildman–Crippen MR) is 122 cm³/mol. The molecule has 0 spiro atoms. The molecular formula is C23H23N5O2S. The van der Waals surface area contributed by atoms with E-state index in [1.165, 1.54) is 53.7 Å². The second kappa shape index (κ2) is 8.35. The van der Waals surface area contributed by atoms with Crippen molar-refractivity contribution in [3.63, 3.8) is 0 Å². The third-order valence-corrected chi connectivity index (χ3v) is 6.96. The number of thiazole rings is 1. The highest BCUT2D eigenvalue weighted by atomic mass is 32.1. The van der Waals surface area contributed by atoms with Gasteiger partial charge in [0.05, 0.1) is 31.5 Å². The van der Waals surface area contributed by atoms with Crippen molar-refractivity contribution in [2.24, 2.45) is 10.2 Å². The average Bonchev–Trinajstić information content (AvgIpc) is 3.20. The van der Waals surface area contributed by atoms with Crippen LogP contribution in [-0.4, -0.2) is 25.2 Å². The lowest BCUT2D eigenvalue weighted by molar-refractivity contribution is -0.282. The van der Waals surface area contributed by atoms with Crippen LogP contribution in [0.4, 0.5) is 22.2 Å². The number of rotatable bonds is 5. The molecule has 7 nitrogen and oxygen atoms in total. The first kappa shape index (κ1) is 20.1. The van der Waals surface area contributed by atoms with Gasteiger partial charge in [-0.25, -0.2) is 19.6 Å². The van der Waals surface area contributed by atoms with Crippen LogP contribution in [0, 0.1) is 13.5 Å². The van der Waals surface area contributed by atoms with Gasteiger partial charge in [-0.2, -0.15) is 0 Å². The van der Waals surface area contributed by atoms with Crippen LogP contribution >= 0.6 is 11.3 Å². The molecule has 31 heavy (non-hydrogen) atoms. The molecular weight excluding hydrogens is 410 g/mol. The van der Waals surface area contributed by atoms with Gasteiger partial charge in [-0.15, -0.1) is 10.2 Å². The Balaban J connectivity index is 1.49. The van der Waals surface area contributed by atoms with E-state index in [4.69, 9.17) is 11.5 Å². The van der Waals surface area contributed by atoms with Crippen molar-refractivity contribution in [3.8, 4) is 0 Å². The van der Waals surface area contributed by atoms with Gasteiger partial charge >= 0.3 is 0 Å². The van der Waals surface area contributed by atoms with Gasteiger partial charge in [0.25, 0.3) is 0 Å². The fourth-order valence-corrected chi connectivity index (χ4v) is 5.38. The summed E-state index contributed by atoms with van der Waals surface area (Å²) in [6.07, 6.45) is 4.61. The molecule has 5 rings (SSSR count). The van der Waals surface area contributed by atoms with Gasteiger partial charge in [-0.05, 0) is 73.1 Å². The number of hydrogen-bond donors (Lipinski definition) is 0. The maximum Gasteiger partial charge on any atom is 0.231 e. The first-order valence-corrected chi connectivity index (χ1v) is 11.3. The molecule has 0 bridgehead atoms. The molecule has 0 fully saturated rings. The number of azo groups is 1. The summed E-state index contributed by atoms with van der Waals surface area (Å²) in [4.78, 5) is 20.4. The van der Waals surface area contributed by atoms with Crippen molar-refractivity contribution < 1.29 is 9.78 Å². The van der Waals surface area contributed by atoms with Crippen molar-refractivity contribution in [3.05, 3.63) is 51.9 Å². The molecule has 0 amide bonds. The van der Waals surface area contributed by atoms with E-state index >= 15 is 0 Å². The number of anilines is 1. The van der Waals surface area contributed by atoms with Gasteiger partial charge < -0.3 is 4.90 Å². The first-order valence-electron chi connectivity index (χ1n) is 10.5. The summed E-state index contributed by atoms with van der Waals surface area (Å²) < 4.78 is 0.911. The van der Waals surface area contributed by atoms with Crippen LogP contribution in [-0.2, 0) is 29.2 Å². The summed E-state index contributed by atoms with van der Waals surface area (Å²) in [5.41, 5.74) is 8.51. The fraction of sp³-hybridized carbons (Fsp3) is 0.391. The molecule has 0 radical (unpaired) electrons. The minimum absolute atomic E-state index is 0.201. The van der Waals surface area contributed by atoms with E-state index in [1.807, 2.05) is 12.1 Å². The summed E-state index contributed by atoms with van der Waals surface area (Å²) in [5, 5.41) is 9.66. The molecule has 0 unspecified atom stereocenters. The Labute approximate surface area is 185 Å². The van der Waals surface area contributed by atoms with Crippen molar-refractivity contribution >= 4 is 43.7 Å². The highest BCUT2D eigenvalue weighted by molar-refractivity contribution is 7.22.